The van der Waals surface area contributed by atoms with Crippen molar-refractivity contribution in [3.63, 3.8) is 0 Å². The number of nitrogens with zero attached hydrogens (tertiary/aromatic N) is 3. The van der Waals surface area contributed by atoms with Crippen LogP contribution in [0.15, 0.2) is 12.1 Å². The second kappa shape index (κ2) is 3.30. The van der Waals surface area contributed by atoms with Gasteiger partial charge in [-0.2, -0.15) is 0 Å². The van der Waals surface area contributed by atoms with Crippen molar-refractivity contribution >= 4 is 23.7 Å². The molecule has 1 aromatic heterocycles. The molecule has 1 aliphatic rings. The molecular formula is C8H8ClN3O. The lowest BCUT2D eigenvalue weighted by Gasteiger charge is -2.36. The Morgan fingerprint density at radius 1 is 1.46 bits per heavy atom. The maximum atomic E-state index is 10.3. The van der Waals surface area contributed by atoms with Gasteiger partial charge in [0.15, 0.2) is 11.0 Å². The summed E-state index contributed by atoms with van der Waals surface area (Å²) in [5.74, 6) is 0.931. The molecule has 0 bridgehead atoms. The van der Waals surface area contributed by atoms with Gasteiger partial charge in [0, 0.05) is 19.0 Å². The first-order valence-electron chi connectivity index (χ1n) is 3.99. The summed E-state index contributed by atoms with van der Waals surface area (Å²) in [6.07, 6.45) is 0.972. The van der Waals surface area contributed by atoms with Crippen LogP contribution in [-0.4, -0.2) is 29.6 Å². The van der Waals surface area contributed by atoms with Gasteiger partial charge < -0.3 is 9.69 Å². The zero-order chi connectivity index (χ0) is 9.26. The van der Waals surface area contributed by atoms with Gasteiger partial charge >= 0.3 is 0 Å². The minimum Gasteiger partial charge on any atom is -0.354 e. The van der Waals surface area contributed by atoms with Crippen LogP contribution in [0, 0.1) is 5.92 Å². The quantitative estimate of drug-likeness (QED) is 0.657. The van der Waals surface area contributed by atoms with Crippen LogP contribution in [0.3, 0.4) is 0 Å². The zero-order valence-electron chi connectivity index (χ0n) is 6.85. The third kappa shape index (κ3) is 1.62. The second-order valence-corrected chi connectivity index (χ2v) is 3.40. The summed E-state index contributed by atoms with van der Waals surface area (Å²) < 4.78 is 0. The van der Waals surface area contributed by atoms with Gasteiger partial charge in [-0.1, -0.05) is 11.6 Å². The first kappa shape index (κ1) is 8.44. The summed E-state index contributed by atoms with van der Waals surface area (Å²) in [5.41, 5.74) is 0. The highest BCUT2D eigenvalue weighted by Crippen LogP contribution is 2.20. The molecule has 1 aromatic rings. The van der Waals surface area contributed by atoms with Crippen LogP contribution < -0.4 is 4.90 Å². The fourth-order valence-electron chi connectivity index (χ4n) is 1.26. The van der Waals surface area contributed by atoms with E-state index in [1.54, 1.807) is 12.1 Å². The highest BCUT2D eigenvalue weighted by molar-refractivity contribution is 6.29. The van der Waals surface area contributed by atoms with E-state index in [-0.39, 0.29) is 5.92 Å². The van der Waals surface area contributed by atoms with Gasteiger partial charge in [0.25, 0.3) is 0 Å². The van der Waals surface area contributed by atoms with Crippen LogP contribution in [0.4, 0.5) is 5.82 Å². The molecule has 2 rings (SSSR count). The highest BCUT2D eigenvalue weighted by Gasteiger charge is 2.27. The maximum Gasteiger partial charge on any atom is 0.151 e. The monoisotopic (exact) mass is 197 g/mol. The Hall–Kier alpha value is -1.16. The molecule has 1 aliphatic heterocycles. The first-order chi connectivity index (χ1) is 6.29. The molecule has 0 saturated carbocycles. The molecule has 0 aliphatic carbocycles. The summed E-state index contributed by atoms with van der Waals surface area (Å²) in [5, 5.41) is 8.00. The summed E-state index contributed by atoms with van der Waals surface area (Å²) in [4.78, 5) is 12.3. The van der Waals surface area contributed by atoms with E-state index < -0.39 is 0 Å². The number of carbonyl (C=O) groups excluding carboxylic acids is 1. The van der Waals surface area contributed by atoms with E-state index in [9.17, 15) is 4.79 Å². The lowest BCUT2D eigenvalue weighted by Crippen LogP contribution is -2.47. The molecular weight excluding hydrogens is 190 g/mol. The molecule has 5 heteroatoms. The predicted octanol–water partition coefficient (Wildman–Crippen LogP) is 0.765. The lowest BCUT2D eigenvalue weighted by atomic mass is 10.0. The number of hydrogen-bond donors (Lipinski definition) is 0. The van der Waals surface area contributed by atoms with E-state index in [1.165, 1.54) is 0 Å². The number of aromatic nitrogens is 2. The summed E-state index contributed by atoms with van der Waals surface area (Å²) in [6, 6.07) is 3.49. The topological polar surface area (TPSA) is 46.1 Å². The molecule has 0 aromatic carbocycles. The smallest absolute Gasteiger partial charge is 0.151 e. The van der Waals surface area contributed by atoms with E-state index in [4.69, 9.17) is 11.6 Å². The van der Waals surface area contributed by atoms with Gasteiger partial charge in [-0.25, -0.2) is 0 Å². The van der Waals surface area contributed by atoms with Crippen molar-refractivity contribution in [2.24, 2.45) is 5.92 Å². The van der Waals surface area contributed by atoms with Gasteiger partial charge in [0.2, 0.25) is 0 Å². The molecule has 0 unspecified atom stereocenters. The summed E-state index contributed by atoms with van der Waals surface area (Å²) in [7, 11) is 0. The average Bonchev–Trinajstić information content (AvgIpc) is 2.06. The summed E-state index contributed by atoms with van der Waals surface area (Å²) in [6.45, 7) is 1.47. The van der Waals surface area contributed by atoms with Gasteiger partial charge in [0.1, 0.15) is 6.29 Å². The third-order valence-electron chi connectivity index (χ3n) is 2.04. The number of aldehydes is 1. The molecule has 0 radical (unpaired) electrons. The number of carbonyl (C=O) groups is 1. The highest BCUT2D eigenvalue weighted by atomic mass is 35.5. The normalized spacial score (nSPS) is 16.8. The van der Waals surface area contributed by atoms with Gasteiger partial charge in [-0.05, 0) is 12.1 Å². The molecule has 13 heavy (non-hydrogen) atoms. The van der Waals surface area contributed by atoms with Crippen LogP contribution >= 0.6 is 11.6 Å². The van der Waals surface area contributed by atoms with Crippen molar-refractivity contribution in [2.45, 2.75) is 0 Å². The van der Waals surface area contributed by atoms with E-state index in [1.807, 2.05) is 4.90 Å². The van der Waals surface area contributed by atoms with Gasteiger partial charge in [-0.3, -0.25) is 0 Å². The molecule has 2 heterocycles. The van der Waals surface area contributed by atoms with E-state index in [2.05, 4.69) is 10.2 Å². The minimum absolute atomic E-state index is 0.150. The average molecular weight is 198 g/mol. The van der Waals surface area contributed by atoms with Gasteiger partial charge in [0.05, 0.1) is 0 Å². The molecule has 0 spiro atoms. The van der Waals surface area contributed by atoms with Crippen molar-refractivity contribution < 1.29 is 4.79 Å². The molecule has 1 fully saturated rings. The van der Waals surface area contributed by atoms with Crippen LogP contribution in [0.25, 0.3) is 0 Å². The predicted molar refractivity (Wildman–Crippen MR) is 48.8 cm³/mol. The SMILES string of the molecule is O=CC1CN(c2ccc(Cl)nn2)C1. The molecule has 1 saturated heterocycles. The molecule has 0 N–H and O–H groups in total. The van der Waals surface area contributed by atoms with Crippen molar-refractivity contribution in [3.05, 3.63) is 17.3 Å². The Labute approximate surface area is 80.5 Å². The second-order valence-electron chi connectivity index (χ2n) is 3.02. The Morgan fingerprint density at radius 3 is 2.77 bits per heavy atom. The number of hydrogen-bond acceptors (Lipinski definition) is 4. The number of rotatable bonds is 2. The van der Waals surface area contributed by atoms with Crippen LogP contribution in [0.5, 0.6) is 0 Å². The first-order valence-corrected chi connectivity index (χ1v) is 4.37. The minimum atomic E-state index is 0.150. The Balaban J connectivity index is 2.03. The van der Waals surface area contributed by atoms with E-state index in [0.717, 1.165) is 25.2 Å². The van der Waals surface area contributed by atoms with Gasteiger partial charge in [-0.15, -0.1) is 10.2 Å². The van der Waals surface area contributed by atoms with Crippen molar-refractivity contribution in [1.29, 1.82) is 0 Å². The third-order valence-corrected chi connectivity index (χ3v) is 2.25. The van der Waals surface area contributed by atoms with Crippen LogP contribution in [0.2, 0.25) is 5.15 Å². The van der Waals surface area contributed by atoms with Crippen molar-refractivity contribution in [2.75, 3.05) is 18.0 Å². The molecule has 68 valence electrons. The Bertz CT molecular complexity index is 308. The van der Waals surface area contributed by atoms with Crippen LogP contribution in [-0.2, 0) is 4.79 Å². The standard InChI is InChI=1S/C8H8ClN3O/c9-7-1-2-8(11-10-7)12-3-6(4-12)5-13/h1-2,5-6H,3-4H2. The largest absolute Gasteiger partial charge is 0.354 e. The summed E-state index contributed by atoms with van der Waals surface area (Å²) >= 11 is 5.59. The van der Waals surface area contributed by atoms with E-state index >= 15 is 0 Å². The lowest BCUT2D eigenvalue weighted by molar-refractivity contribution is -0.111. The Morgan fingerprint density at radius 2 is 2.23 bits per heavy atom. The fraction of sp³-hybridized carbons (Fsp3) is 0.375. The number of anilines is 1. The van der Waals surface area contributed by atoms with Crippen molar-refractivity contribution in [1.82, 2.24) is 10.2 Å². The fourth-order valence-corrected chi connectivity index (χ4v) is 1.36. The zero-order valence-corrected chi connectivity index (χ0v) is 7.61. The number of halogens is 1. The molecule has 0 amide bonds. The molecule has 0 atom stereocenters. The van der Waals surface area contributed by atoms with E-state index in [0.29, 0.717) is 5.15 Å². The Kier molecular flexibility index (Phi) is 2.14. The maximum absolute atomic E-state index is 10.3. The van der Waals surface area contributed by atoms with Crippen LogP contribution in [0.1, 0.15) is 0 Å². The molecule has 4 nitrogen and oxygen atoms in total. The van der Waals surface area contributed by atoms with Crippen molar-refractivity contribution in [3.8, 4) is 0 Å².